The van der Waals surface area contributed by atoms with E-state index in [4.69, 9.17) is 15.0 Å². The number of pyridine rings is 1. The van der Waals surface area contributed by atoms with E-state index in [0.717, 1.165) is 38.9 Å². The average molecular weight is 720 g/mol. The molecule has 5 heteroatoms. The zero-order valence-electron chi connectivity index (χ0n) is 31.7. The molecule has 2 heterocycles. The molecular formula is C51H37N5. The summed E-state index contributed by atoms with van der Waals surface area (Å²) < 4.78 is 0. The highest BCUT2D eigenvalue weighted by molar-refractivity contribution is 5.87. The molecular weight excluding hydrogens is 683 g/mol. The van der Waals surface area contributed by atoms with Crippen molar-refractivity contribution >= 4 is 0 Å². The van der Waals surface area contributed by atoms with Crippen molar-refractivity contribution < 1.29 is 0 Å². The molecule has 0 atom stereocenters. The first-order chi connectivity index (χ1) is 27.2. The van der Waals surface area contributed by atoms with Gasteiger partial charge in [0, 0.05) is 45.5 Å². The van der Waals surface area contributed by atoms with Gasteiger partial charge >= 0.3 is 0 Å². The monoisotopic (exact) mass is 719 g/mol. The van der Waals surface area contributed by atoms with Crippen LogP contribution < -0.4 is 0 Å². The lowest BCUT2D eigenvalue weighted by molar-refractivity contribution is 0.660. The van der Waals surface area contributed by atoms with E-state index in [1.165, 1.54) is 44.5 Å². The number of hydrogen-bond donors (Lipinski definition) is 0. The molecule has 10 rings (SSSR count). The molecule has 0 aliphatic heterocycles. The molecule has 0 radical (unpaired) electrons. The molecule has 0 saturated heterocycles. The van der Waals surface area contributed by atoms with Crippen LogP contribution >= 0.6 is 0 Å². The summed E-state index contributed by atoms with van der Waals surface area (Å²) in [7, 11) is 0. The normalized spacial score (nSPS) is 14.0. The summed E-state index contributed by atoms with van der Waals surface area (Å²) in [6.45, 7) is 9.08. The molecule has 0 saturated carbocycles. The first-order valence-corrected chi connectivity index (χ1v) is 19.0. The second-order valence-corrected chi connectivity index (χ2v) is 15.9. The quantitative estimate of drug-likeness (QED) is 0.177. The first-order valence-electron chi connectivity index (χ1n) is 19.0. The molecule has 5 nitrogen and oxygen atoms in total. The van der Waals surface area contributed by atoms with E-state index < -0.39 is 0 Å². The number of benzene rings is 6. The van der Waals surface area contributed by atoms with E-state index >= 15 is 0 Å². The van der Waals surface area contributed by atoms with Crippen LogP contribution in [0.15, 0.2) is 152 Å². The third-order valence-corrected chi connectivity index (χ3v) is 11.8. The zero-order chi connectivity index (χ0) is 38.2. The maximum Gasteiger partial charge on any atom is 0.164 e. The molecule has 0 amide bonds. The van der Waals surface area contributed by atoms with Crippen molar-refractivity contribution in [3.8, 4) is 84.7 Å². The molecule has 0 N–H and O–H groups in total. The van der Waals surface area contributed by atoms with Crippen molar-refractivity contribution in [2.75, 3.05) is 0 Å². The van der Waals surface area contributed by atoms with Gasteiger partial charge in [-0.2, -0.15) is 5.26 Å². The van der Waals surface area contributed by atoms with Gasteiger partial charge in [0.1, 0.15) is 0 Å². The van der Waals surface area contributed by atoms with Crippen LogP contribution in [-0.4, -0.2) is 19.9 Å². The minimum absolute atomic E-state index is 0.156. The topological polar surface area (TPSA) is 75.3 Å². The van der Waals surface area contributed by atoms with Crippen molar-refractivity contribution in [3.63, 3.8) is 0 Å². The SMILES string of the molecule is CC1(C)c2cc(C#N)ccc2-c2ccc(-c3cc(-c4cccnc4)cc(-c4nc(-c5ccccc5)nc(-c5ccc6c(c5)C(C)(C)c5ccccc5-6)n4)c3)cc21. The molecule has 8 aromatic rings. The molecule has 2 aliphatic carbocycles. The summed E-state index contributed by atoms with van der Waals surface area (Å²) in [6.07, 6.45) is 3.70. The summed E-state index contributed by atoms with van der Waals surface area (Å²) >= 11 is 0. The predicted octanol–water partition coefficient (Wildman–Crippen LogP) is 12.1. The van der Waals surface area contributed by atoms with Crippen molar-refractivity contribution in [3.05, 3.63) is 180 Å². The third kappa shape index (κ3) is 5.29. The van der Waals surface area contributed by atoms with Crippen molar-refractivity contribution in [2.45, 2.75) is 38.5 Å². The van der Waals surface area contributed by atoms with Gasteiger partial charge in [0.25, 0.3) is 0 Å². The Bertz CT molecular complexity index is 2920. The Labute approximate surface area is 327 Å². The molecule has 0 spiro atoms. The molecule has 2 aromatic heterocycles. The Balaban J connectivity index is 1.15. The number of aromatic nitrogens is 4. The highest BCUT2D eigenvalue weighted by Crippen LogP contribution is 2.51. The van der Waals surface area contributed by atoms with Crippen LogP contribution in [0.25, 0.3) is 78.7 Å². The fourth-order valence-electron chi connectivity index (χ4n) is 8.80. The number of hydrogen-bond acceptors (Lipinski definition) is 5. The van der Waals surface area contributed by atoms with E-state index in [9.17, 15) is 5.26 Å². The average Bonchev–Trinajstić information content (AvgIpc) is 3.62. The minimum Gasteiger partial charge on any atom is -0.264 e. The number of fused-ring (bicyclic) bond motifs is 6. The lowest BCUT2D eigenvalue weighted by Gasteiger charge is -2.22. The Morgan fingerprint density at radius 3 is 1.62 bits per heavy atom. The van der Waals surface area contributed by atoms with Gasteiger partial charge in [0.05, 0.1) is 11.6 Å². The van der Waals surface area contributed by atoms with Crippen LogP contribution in [0.1, 0.15) is 55.5 Å². The van der Waals surface area contributed by atoms with E-state index in [2.05, 4.69) is 130 Å². The van der Waals surface area contributed by atoms with E-state index in [0.29, 0.717) is 23.0 Å². The van der Waals surface area contributed by atoms with Crippen LogP contribution in [0.2, 0.25) is 0 Å². The largest absolute Gasteiger partial charge is 0.264 e. The van der Waals surface area contributed by atoms with Gasteiger partial charge in [0.2, 0.25) is 0 Å². The van der Waals surface area contributed by atoms with Crippen LogP contribution in [0, 0.1) is 11.3 Å². The molecule has 266 valence electrons. The Hall–Kier alpha value is -7.03. The molecule has 6 aromatic carbocycles. The van der Waals surface area contributed by atoms with Gasteiger partial charge in [-0.25, -0.2) is 15.0 Å². The standard InChI is InChI=1S/C51H37N5/c1-50(2)43-15-9-8-14-39(43)41-21-18-34(28-46(41)50)48-54-47(32-11-6-5-7-12-32)55-49(56-48)38-25-36(24-37(26-38)35-13-10-22-53-30-35)33-17-20-42-40-19-16-31(29-52)23-44(40)51(3,4)45(42)27-33/h5-28,30H,1-4H3. The van der Waals surface area contributed by atoms with E-state index in [1.54, 1.807) is 6.20 Å². The minimum atomic E-state index is -0.267. The lowest BCUT2D eigenvalue weighted by Crippen LogP contribution is -2.15. The fraction of sp³-hybridized carbons (Fsp3) is 0.118. The maximum atomic E-state index is 9.68. The summed E-state index contributed by atoms with van der Waals surface area (Å²) in [5.74, 6) is 1.85. The van der Waals surface area contributed by atoms with Crippen molar-refractivity contribution in [2.24, 2.45) is 0 Å². The highest BCUT2D eigenvalue weighted by Gasteiger charge is 2.37. The number of nitriles is 1. The number of nitrogens with zero attached hydrogens (tertiary/aromatic N) is 5. The zero-order valence-corrected chi connectivity index (χ0v) is 31.7. The van der Waals surface area contributed by atoms with Gasteiger partial charge < -0.3 is 0 Å². The Morgan fingerprint density at radius 2 is 0.929 bits per heavy atom. The van der Waals surface area contributed by atoms with Crippen LogP contribution in [0.4, 0.5) is 0 Å². The Kier molecular flexibility index (Phi) is 7.49. The summed E-state index contributed by atoms with van der Waals surface area (Å²) in [5, 5.41) is 9.68. The lowest BCUT2D eigenvalue weighted by atomic mass is 9.81. The molecule has 0 unspecified atom stereocenters. The maximum absolute atomic E-state index is 9.68. The van der Waals surface area contributed by atoms with Gasteiger partial charge in [-0.3, -0.25) is 4.98 Å². The van der Waals surface area contributed by atoms with Crippen LogP contribution in [0.3, 0.4) is 0 Å². The summed E-state index contributed by atoms with van der Waals surface area (Å²) in [5.41, 5.74) is 17.1. The van der Waals surface area contributed by atoms with Gasteiger partial charge in [0.15, 0.2) is 17.5 Å². The molecule has 2 aliphatic rings. The van der Waals surface area contributed by atoms with Crippen LogP contribution in [-0.2, 0) is 10.8 Å². The van der Waals surface area contributed by atoms with Gasteiger partial charge in [-0.1, -0.05) is 119 Å². The van der Waals surface area contributed by atoms with Gasteiger partial charge in [-0.05, 0) is 110 Å². The smallest absolute Gasteiger partial charge is 0.164 e. The van der Waals surface area contributed by atoms with Crippen molar-refractivity contribution in [1.29, 1.82) is 5.26 Å². The van der Waals surface area contributed by atoms with Gasteiger partial charge in [-0.15, -0.1) is 0 Å². The second kappa shape index (κ2) is 12.5. The summed E-state index contributed by atoms with van der Waals surface area (Å²) in [4.78, 5) is 20.0. The van der Waals surface area contributed by atoms with Crippen molar-refractivity contribution in [1.82, 2.24) is 19.9 Å². The highest BCUT2D eigenvalue weighted by atomic mass is 15.0. The molecule has 0 bridgehead atoms. The molecule has 0 fully saturated rings. The van der Waals surface area contributed by atoms with E-state index in [1.807, 2.05) is 54.7 Å². The second-order valence-electron chi connectivity index (χ2n) is 15.9. The molecule has 56 heavy (non-hydrogen) atoms. The number of rotatable bonds is 5. The summed E-state index contributed by atoms with van der Waals surface area (Å²) in [6, 6.07) is 51.2. The fourth-order valence-corrected chi connectivity index (χ4v) is 8.80. The third-order valence-electron chi connectivity index (χ3n) is 11.8. The van der Waals surface area contributed by atoms with Crippen LogP contribution in [0.5, 0.6) is 0 Å². The predicted molar refractivity (Wildman–Crippen MR) is 225 cm³/mol. The Morgan fingerprint density at radius 1 is 0.411 bits per heavy atom. The van der Waals surface area contributed by atoms with E-state index in [-0.39, 0.29) is 10.8 Å². The first kappa shape index (κ1) is 33.5.